The van der Waals surface area contributed by atoms with Crippen LogP contribution in [0.25, 0.3) is 11.1 Å². The van der Waals surface area contributed by atoms with Crippen LogP contribution < -0.4 is 16.8 Å². The Bertz CT molecular complexity index is 1460. The Morgan fingerprint density at radius 2 is 1.28 bits per heavy atom. The molecule has 2 amide bonds. The van der Waals surface area contributed by atoms with E-state index in [1.54, 1.807) is 31.3 Å². The van der Waals surface area contributed by atoms with Crippen molar-refractivity contribution in [2.24, 2.45) is 11.5 Å². The van der Waals surface area contributed by atoms with Gasteiger partial charge in [-0.15, -0.1) is 0 Å². The molecule has 2 aromatic carbocycles. The maximum Gasteiger partial charge on any atom is 0.503 e. The van der Waals surface area contributed by atoms with Gasteiger partial charge in [-0.1, -0.05) is 12.1 Å². The molecule has 3 atom stereocenters. The van der Waals surface area contributed by atoms with Gasteiger partial charge < -0.3 is 57.4 Å². The number of aliphatic hydroxyl groups excluding tert-OH is 1. The summed E-state index contributed by atoms with van der Waals surface area (Å²) in [5.74, 6) is -6.36. The predicted octanol–water partition coefficient (Wildman–Crippen LogP) is 1.33. The fraction of sp³-hybridized carbons (Fsp3) is 0.393. The number of aliphatic carboxylic acids is 2. The Morgan fingerprint density at radius 1 is 0.880 bits per heavy atom. The van der Waals surface area contributed by atoms with Gasteiger partial charge in [-0.2, -0.15) is 26.3 Å². The fourth-order valence-electron chi connectivity index (χ4n) is 3.76. The molecule has 0 aromatic heterocycles. The van der Waals surface area contributed by atoms with Gasteiger partial charge in [0.1, 0.15) is 17.5 Å². The number of fused-ring (bicyclic) bond motifs is 5. The van der Waals surface area contributed by atoms with Crippen molar-refractivity contribution in [1.29, 1.82) is 0 Å². The molecule has 12 N–H and O–H groups in total. The molecule has 0 radical (unpaired) electrons. The van der Waals surface area contributed by atoms with E-state index in [1.807, 2.05) is 6.07 Å². The highest BCUT2D eigenvalue weighted by atomic mass is 19.4. The molecule has 0 unspecified atom stereocenters. The normalized spacial score (nSPS) is 17.0. The lowest BCUT2D eigenvalue weighted by molar-refractivity contribution is -0.193. The van der Waals surface area contributed by atoms with E-state index in [0.717, 1.165) is 11.1 Å². The number of benzene rings is 2. The molecular formula is C28H34F6N4O12. The molecule has 4 bridgehead atoms. The fourth-order valence-corrected chi connectivity index (χ4v) is 3.76. The van der Waals surface area contributed by atoms with E-state index in [1.165, 1.54) is 11.0 Å². The maximum absolute atomic E-state index is 13.0. The average molecular weight is 733 g/mol. The van der Waals surface area contributed by atoms with E-state index in [0.29, 0.717) is 17.5 Å². The van der Waals surface area contributed by atoms with Gasteiger partial charge in [0.2, 0.25) is 11.8 Å². The largest absolute Gasteiger partial charge is 0.508 e. The Balaban J connectivity index is 0.00000109. The standard InChI is InChI=1S/C23H30N4O5.2C2HF3O2.CH2O3/c1-27-7-6-15-8-13(2-4-20(15)29)14-3-5-21(30)16(9-14)10-18(25)22(31)26-19(23(27)32)11-17(28)12-24;2*3-2(4,5)1(6)7;2-1(3)4/h2-5,8-9,17-19,28-30H,6-7,10-12,24-25H2,1H3,(H,26,31);2*(H,6,7);(H2,2,3,4)/t17-,18+,19+;;;/m1.../s1. The first kappa shape index (κ1) is 44.6. The van der Waals surface area contributed by atoms with Crippen LogP contribution in [0.2, 0.25) is 0 Å². The Morgan fingerprint density at radius 3 is 1.68 bits per heavy atom. The molecule has 0 fully saturated rings. The summed E-state index contributed by atoms with van der Waals surface area (Å²) in [6.07, 6.45) is -12.6. The number of carboxylic acids is 2. The molecule has 280 valence electrons. The summed E-state index contributed by atoms with van der Waals surface area (Å²) in [5.41, 5.74) is 14.3. The highest BCUT2D eigenvalue weighted by Crippen LogP contribution is 2.30. The molecule has 2 aromatic rings. The predicted molar refractivity (Wildman–Crippen MR) is 158 cm³/mol. The van der Waals surface area contributed by atoms with Gasteiger partial charge >= 0.3 is 30.4 Å². The van der Waals surface area contributed by atoms with Gasteiger partial charge in [-0.3, -0.25) is 9.59 Å². The first-order valence-electron chi connectivity index (χ1n) is 13.7. The van der Waals surface area contributed by atoms with E-state index in [4.69, 9.17) is 46.3 Å². The second-order valence-corrected chi connectivity index (χ2v) is 10.1. The number of carbonyl (C=O) groups excluding carboxylic acids is 2. The summed E-state index contributed by atoms with van der Waals surface area (Å²) in [5, 5.41) is 61.4. The first-order valence-corrected chi connectivity index (χ1v) is 13.7. The summed E-state index contributed by atoms with van der Waals surface area (Å²) < 4.78 is 63.5. The number of nitrogens with one attached hydrogen (secondary N) is 1. The van der Waals surface area contributed by atoms with Crippen molar-refractivity contribution in [3.63, 3.8) is 0 Å². The zero-order valence-electron chi connectivity index (χ0n) is 25.8. The van der Waals surface area contributed by atoms with Crippen LogP contribution in [-0.4, -0.2) is 121 Å². The summed E-state index contributed by atoms with van der Waals surface area (Å²) >= 11 is 0. The van der Waals surface area contributed by atoms with Gasteiger partial charge in [0.25, 0.3) is 0 Å². The number of halogens is 6. The number of aromatic hydroxyl groups is 2. The first-order chi connectivity index (χ1) is 22.8. The number of aliphatic hydroxyl groups is 1. The Labute approximate surface area is 278 Å². The van der Waals surface area contributed by atoms with Crippen molar-refractivity contribution < 1.29 is 86.1 Å². The lowest BCUT2D eigenvalue weighted by Crippen LogP contribution is -2.54. The van der Waals surface area contributed by atoms with Gasteiger partial charge in [0.05, 0.1) is 12.1 Å². The lowest BCUT2D eigenvalue weighted by atomic mass is 9.96. The second kappa shape index (κ2) is 19.6. The minimum Gasteiger partial charge on any atom is -0.508 e. The summed E-state index contributed by atoms with van der Waals surface area (Å²) in [4.78, 5) is 53.6. The highest BCUT2D eigenvalue weighted by Gasteiger charge is 2.39. The van der Waals surface area contributed by atoms with Crippen molar-refractivity contribution in [3.8, 4) is 22.6 Å². The molecule has 1 aliphatic rings. The van der Waals surface area contributed by atoms with Crippen LogP contribution in [0.1, 0.15) is 17.5 Å². The topological polar surface area (TPSA) is 294 Å². The van der Waals surface area contributed by atoms with Gasteiger partial charge in [-0.25, -0.2) is 14.4 Å². The van der Waals surface area contributed by atoms with Crippen molar-refractivity contribution >= 4 is 29.9 Å². The lowest BCUT2D eigenvalue weighted by Gasteiger charge is -2.27. The molecule has 1 aliphatic heterocycles. The molecule has 22 heteroatoms. The SMILES string of the molecule is CN1CCc2cc(ccc2O)-c2ccc(O)c(c2)C[C@H](N)C(=O)N[C@@H](C[C@@H](O)CN)C1=O.O=C(O)C(F)(F)F.O=C(O)C(F)(F)F.O=C(O)O. The monoisotopic (exact) mass is 732 g/mol. The zero-order valence-corrected chi connectivity index (χ0v) is 25.8. The number of phenols is 2. The third kappa shape index (κ3) is 16.2. The van der Waals surface area contributed by atoms with Gasteiger partial charge in [-0.05, 0) is 52.9 Å². The van der Waals surface area contributed by atoms with Crippen molar-refractivity contribution in [2.45, 2.75) is 49.8 Å². The van der Waals surface area contributed by atoms with Crippen LogP contribution in [0.5, 0.6) is 11.5 Å². The molecule has 0 saturated carbocycles. The van der Waals surface area contributed by atoms with Crippen molar-refractivity contribution in [2.75, 3.05) is 20.1 Å². The molecule has 3 rings (SSSR count). The number of phenolic OH excluding ortho intramolecular Hbond substituents is 2. The number of alkyl halides is 6. The van der Waals surface area contributed by atoms with Crippen molar-refractivity contribution in [3.05, 3.63) is 47.5 Å². The average Bonchev–Trinajstić information content (AvgIpc) is 2.99. The molecule has 1 heterocycles. The third-order valence-corrected chi connectivity index (χ3v) is 6.24. The molecule has 16 nitrogen and oxygen atoms in total. The third-order valence-electron chi connectivity index (χ3n) is 6.24. The van der Waals surface area contributed by atoms with Crippen LogP contribution in [-0.2, 0) is 32.0 Å². The minimum absolute atomic E-state index is 0.00577. The van der Waals surface area contributed by atoms with Crippen LogP contribution >= 0.6 is 0 Å². The van der Waals surface area contributed by atoms with Crippen LogP contribution in [0.15, 0.2) is 36.4 Å². The van der Waals surface area contributed by atoms with Crippen molar-refractivity contribution in [1.82, 2.24) is 10.2 Å². The van der Waals surface area contributed by atoms with Crippen LogP contribution in [0.4, 0.5) is 31.1 Å². The summed E-state index contributed by atoms with van der Waals surface area (Å²) in [6, 6.07) is 8.20. The molecule has 50 heavy (non-hydrogen) atoms. The highest BCUT2D eigenvalue weighted by molar-refractivity contribution is 5.90. The number of hydrogen-bond donors (Lipinski definition) is 10. The number of likely N-dealkylation sites (N-methyl/N-ethyl adjacent to an activating group) is 1. The van der Waals surface area contributed by atoms with E-state index < -0.39 is 60.4 Å². The number of rotatable bonds is 3. The maximum atomic E-state index is 13.0. The van der Waals surface area contributed by atoms with Gasteiger partial charge in [0, 0.05) is 33.0 Å². The van der Waals surface area contributed by atoms with Crippen LogP contribution in [0.3, 0.4) is 0 Å². The molecular weight excluding hydrogens is 698 g/mol. The molecule has 0 spiro atoms. The number of hydrogen-bond acceptors (Lipinski definition) is 10. The van der Waals surface area contributed by atoms with E-state index in [-0.39, 0.29) is 37.4 Å². The number of carbonyl (C=O) groups is 5. The molecule has 0 saturated heterocycles. The smallest absolute Gasteiger partial charge is 0.503 e. The Hall–Kier alpha value is -5.35. The van der Waals surface area contributed by atoms with E-state index >= 15 is 0 Å². The summed E-state index contributed by atoms with van der Waals surface area (Å²) in [6.45, 7) is 0.227. The van der Waals surface area contributed by atoms with E-state index in [2.05, 4.69) is 5.32 Å². The second-order valence-electron chi connectivity index (χ2n) is 10.1. The number of carboxylic acid groups (broad SMARTS) is 4. The Kier molecular flexibility index (Phi) is 17.5. The number of nitrogens with zero attached hydrogens (tertiary/aromatic N) is 1. The van der Waals surface area contributed by atoms with Gasteiger partial charge in [0.15, 0.2) is 0 Å². The van der Waals surface area contributed by atoms with Crippen LogP contribution in [0, 0.1) is 0 Å². The number of nitrogens with two attached hydrogens (primary N) is 2. The number of amides is 2. The zero-order chi connectivity index (χ0) is 39.1. The minimum atomic E-state index is -5.08. The summed E-state index contributed by atoms with van der Waals surface area (Å²) in [7, 11) is 1.59. The van der Waals surface area contributed by atoms with E-state index in [9.17, 15) is 51.3 Å². The quantitative estimate of drug-likeness (QED) is 0.199. The molecule has 0 aliphatic carbocycles.